The molecule has 2 saturated heterocycles. The van der Waals surface area contributed by atoms with Gasteiger partial charge in [0.05, 0.1) is 18.0 Å². The molecule has 1 atom stereocenters. The van der Waals surface area contributed by atoms with E-state index in [0.717, 1.165) is 25.0 Å². The number of hydrogen-bond acceptors (Lipinski definition) is 3. The molecule has 158 valence electrons. The van der Waals surface area contributed by atoms with E-state index in [4.69, 9.17) is 0 Å². The first-order valence-electron chi connectivity index (χ1n) is 9.62. The number of hydrogen-bond donors (Lipinski definition) is 0. The number of likely N-dealkylation sites (N-methyl/N-ethyl adjacent to an activating group) is 1. The normalized spacial score (nSPS) is 19.7. The van der Waals surface area contributed by atoms with Crippen molar-refractivity contribution in [3.8, 4) is 0 Å². The van der Waals surface area contributed by atoms with Gasteiger partial charge in [0.1, 0.15) is 0 Å². The third-order valence-electron chi connectivity index (χ3n) is 5.40. The highest BCUT2D eigenvalue weighted by Gasteiger charge is 2.37. The fourth-order valence-corrected chi connectivity index (χ4v) is 3.82. The standard InChI is InChI=1S/C20H24F3N3O3/c1-24(13-18(28)25-7-2-3-8-25)19(29)15-10-17(27)26(12-15)11-14-5-4-6-16(9-14)20(21,22)23/h4-6,9,15H,2-3,7-8,10-13H2,1H3/t15-/m1/s1. The van der Waals surface area contributed by atoms with Crippen LogP contribution in [0.4, 0.5) is 13.2 Å². The molecule has 3 amide bonds. The van der Waals surface area contributed by atoms with E-state index in [-0.39, 0.29) is 43.8 Å². The Balaban J connectivity index is 1.58. The van der Waals surface area contributed by atoms with E-state index in [2.05, 4.69) is 0 Å². The predicted molar refractivity (Wildman–Crippen MR) is 98.4 cm³/mol. The van der Waals surface area contributed by atoms with Gasteiger partial charge < -0.3 is 14.7 Å². The van der Waals surface area contributed by atoms with Gasteiger partial charge in [-0.3, -0.25) is 14.4 Å². The van der Waals surface area contributed by atoms with Gasteiger partial charge in [-0.05, 0) is 30.5 Å². The molecule has 1 aromatic rings. The minimum atomic E-state index is -4.45. The molecule has 0 saturated carbocycles. The van der Waals surface area contributed by atoms with Crippen LogP contribution in [-0.4, -0.2) is 65.6 Å². The van der Waals surface area contributed by atoms with Crippen LogP contribution in [0.5, 0.6) is 0 Å². The summed E-state index contributed by atoms with van der Waals surface area (Å²) in [6.45, 7) is 1.53. The molecular formula is C20H24F3N3O3. The van der Waals surface area contributed by atoms with Crippen molar-refractivity contribution in [2.75, 3.05) is 33.2 Å². The second kappa shape index (κ2) is 8.42. The minimum Gasteiger partial charge on any atom is -0.341 e. The number of rotatable bonds is 5. The zero-order valence-corrected chi connectivity index (χ0v) is 16.2. The molecule has 29 heavy (non-hydrogen) atoms. The number of alkyl halides is 3. The fraction of sp³-hybridized carbons (Fsp3) is 0.550. The van der Waals surface area contributed by atoms with Gasteiger partial charge in [0, 0.05) is 39.6 Å². The summed E-state index contributed by atoms with van der Waals surface area (Å²) in [4.78, 5) is 41.6. The molecule has 3 rings (SSSR count). The first-order chi connectivity index (χ1) is 13.6. The lowest BCUT2D eigenvalue weighted by atomic mass is 10.1. The number of carbonyl (C=O) groups excluding carboxylic acids is 3. The Morgan fingerprint density at radius 3 is 2.55 bits per heavy atom. The van der Waals surface area contributed by atoms with Crippen LogP contribution in [0.1, 0.15) is 30.4 Å². The van der Waals surface area contributed by atoms with Crippen LogP contribution >= 0.6 is 0 Å². The smallest absolute Gasteiger partial charge is 0.341 e. The molecule has 0 spiro atoms. The van der Waals surface area contributed by atoms with Crippen molar-refractivity contribution in [3.05, 3.63) is 35.4 Å². The lowest BCUT2D eigenvalue weighted by Gasteiger charge is -2.24. The molecule has 2 aliphatic rings. The van der Waals surface area contributed by atoms with Gasteiger partial charge in [-0.15, -0.1) is 0 Å². The van der Waals surface area contributed by atoms with Crippen LogP contribution in [0.25, 0.3) is 0 Å². The fourth-order valence-electron chi connectivity index (χ4n) is 3.82. The van der Waals surface area contributed by atoms with Crippen molar-refractivity contribution in [1.82, 2.24) is 14.7 Å². The van der Waals surface area contributed by atoms with Crippen molar-refractivity contribution in [1.29, 1.82) is 0 Å². The summed E-state index contributed by atoms with van der Waals surface area (Å²) in [6.07, 6.45) is -2.52. The lowest BCUT2D eigenvalue weighted by molar-refractivity contribution is -0.141. The molecule has 6 nitrogen and oxygen atoms in total. The van der Waals surface area contributed by atoms with E-state index < -0.39 is 17.7 Å². The molecule has 0 N–H and O–H groups in total. The second-order valence-corrected chi connectivity index (χ2v) is 7.66. The third kappa shape index (κ3) is 5.07. The number of amides is 3. The van der Waals surface area contributed by atoms with Gasteiger partial charge in [-0.1, -0.05) is 12.1 Å². The third-order valence-corrected chi connectivity index (χ3v) is 5.40. The maximum absolute atomic E-state index is 12.9. The summed E-state index contributed by atoms with van der Waals surface area (Å²) in [5.41, 5.74) is -0.409. The summed E-state index contributed by atoms with van der Waals surface area (Å²) < 4.78 is 38.6. The summed E-state index contributed by atoms with van der Waals surface area (Å²) in [5, 5.41) is 0. The van der Waals surface area contributed by atoms with Crippen LogP contribution in [0.3, 0.4) is 0 Å². The molecule has 2 heterocycles. The summed E-state index contributed by atoms with van der Waals surface area (Å²) >= 11 is 0. The molecule has 1 aromatic carbocycles. The van der Waals surface area contributed by atoms with Crippen molar-refractivity contribution < 1.29 is 27.6 Å². The zero-order chi connectivity index (χ0) is 21.2. The largest absolute Gasteiger partial charge is 0.416 e. The first-order valence-corrected chi connectivity index (χ1v) is 9.62. The molecular weight excluding hydrogens is 387 g/mol. The van der Waals surface area contributed by atoms with Gasteiger partial charge in [-0.25, -0.2) is 0 Å². The van der Waals surface area contributed by atoms with Crippen LogP contribution in [-0.2, 0) is 27.1 Å². The SMILES string of the molecule is CN(CC(=O)N1CCCC1)C(=O)[C@@H]1CC(=O)N(Cc2cccc(C(F)(F)F)c2)C1. The minimum absolute atomic E-state index is 0.0000393. The van der Waals surface area contributed by atoms with Gasteiger partial charge in [0.25, 0.3) is 0 Å². The highest BCUT2D eigenvalue weighted by atomic mass is 19.4. The number of benzene rings is 1. The average Bonchev–Trinajstić information content (AvgIpc) is 3.31. The highest BCUT2D eigenvalue weighted by Crippen LogP contribution is 2.30. The highest BCUT2D eigenvalue weighted by molar-refractivity contribution is 5.91. The Labute approximate surface area is 167 Å². The number of carbonyl (C=O) groups is 3. The van der Waals surface area contributed by atoms with E-state index >= 15 is 0 Å². The van der Waals surface area contributed by atoms with Crippen LogP contribution < -0.4 is 0 Å². The summed E-state index contributed by atoms with van der Waals surface area (Å²) in [6, 6.07) is 4.83. The van der Waals surface area contributed by atoms with E-state index in [9.17, 15) is 27.6 Å². The molecule has 2 aliphatic heterocycles. The summed E-state index contributed by atoms with van der Waals surface area (Å²) in [5.74, 6) is -1.27. The molecule has 0 aliphatic carbocycles. The van der Waals surface area contributed by atoms with Crippen molar-refractivity contribution in [2.24, 2.45) is 5.92 Å². The van der Waals surface area contributed by atoms with Crippen molar-refractivity contribution in [2.45, 2.75) is 32.0 Å². The quantitative estimate of drug-likeness (QED) is 0.746. The number of likely N-dealkylation sites (tertiary alicyclic amines) is 2. The van der Waals surface area contributed by atoms with E-state index in [1.54, 1.807) is 4.90 Å². The predicted octanol–water partition coefficient (Wildman–Crippen LogP) is 2.13. The first kappa shape index (κ1) is 21.1. The maximum atomic E-state index is 12.9. The number of nitrogens with zero attached hydrogens (tertiary/aromatic N) is 3. The van der Waals surface area contributed by atoms with Crippen molar-refractivity contribution >= 4 is 17.7 Å². The maximum Gasteiger partial charge on any atom is 0.416 e. The average molecular weight is 411 g/mol. The Morgan fingerprint density at radius 1 is 1.21 bits per heavy atom. The second-order valence-electron chi connectivity index (χ2n) is 7.66. The molecule has 0 aromatic heterocycles. The van der Waals surface area contributed by atoms with Gasteiger partial charge >= 0.3 is 6.18 Å². The van der Waals surface area contributed by atoms with Gasteiger partial charge in [0.2, 0.25) is 17.7 Å². The molecule has 2 fully saturated rings. The van der Waals surface area contributed by atoms with E-state index in [1.807, 2.05) is 0 Å². The Kier molecular flexibility index (Phi) is 6.14. The lowest BCUT2D eigenvalue weighted by Crippen LogP contribution is -2.42. The molecule has 9 heteroatoms. The Morgan fingerprint density at radius 2 is 1.90 bits per heavy atom. The summed E-state index contributed by atoms with van der Waals surface area (Å²) in [7, 11) is 1.54. The van der Waals surface area contributed by atoms with Gasteiger partial charge in [-0.2, -0.15) is 13.2 Å². The Hall–Kier alpha value is -2.58. The number of halogens is 3. The zero-order valence-electron chi connectivity index (χ0n) is 16.2. The van der Waals surface area contributed by atoms with E-state index in [0.29, 0.717) is 18.7 Å². The molecule has 0 radical (unpaired) electrons. The Bertz CT molecular complexity index is 791. The van der Waals surface area contributed by atoms with E-state index in [1.165, 1.54) is 29.0 Å². The van der Waals surface area contributed by atoms with Crippen LogP contribution in [0.15, 0.2) is 24.3 Å². The monoisotopic (exact) mass is 411 g/mol. The molecule has 0 unspecified atom stereocenters. The van der Waals surface area contributed by atoms with Crippen LogP contribution in [0, 0.1) is 5.92 Å². The van der Waals surface area contributed by atoms with Gasteiger partial charge in [0.15, 0.2) is 0 Å². The topological polar surface area (TPSA) is 60.9 Å². The van der Waals surface area contributed by atoms with Crippen molar-refractivity contribution in [3.63, 3.8) is 0 Å². The van der Waals surface area contributed by atoms with Crippen LogP contribution in [0.2, 0.25) is 0 Å². The molecule has 0 bridgehead atoms.